The van der Waals surface area contributed by atoms with Crippen LogP contribution in [0.1, 0.15) is 16.7 Å². The molecule has 0 unspecified atom stereocenters. The van der Waals surface area contributed by atoms with Crippen LogP contribution >= 0.6 is 0 Å². The average Bonchev–Trinajstić information content (AvgIpc) is 2.57. The van der Waals surface area contributed by atoms with Crippen molar-refractivity contribution < 1.29 is 14.4 Å². The highest BCUT2D eigenvalue weighted by Gasteiger charge is 2.18. The molecule has 0 aliphatic carbocycles. The van der Waals surface area contributed by atoms with Gasteiger partial charge in [0.1, 0.15) is 0 Å². The molecule has 0 radical (unpaired) electrons. The zero-order valence-electron chi connectivity index (χ0n) is 14.0. The highest BCUT2D eigenvalue weighted by atomic mass is 16.6. The molecule has 0 atom stereocenters. The first-order valence-corrected chi connectivity index (χ1v) is 7.23. The summed E-state index contributed by atoms with van der Waals surface area (Å²) in [6, 6.07) is 8.66. The van der Waals surface area contributed by atoms with Crippen molar-refractivity contribution in [3.8, 4) is 11.5 Å². The average molecular weight is 329 g/mol. The van der Waals surface area contributed by atoms with Gasteiger partial charge >= 0.3 is 0 Å². The van der Waals surface area contributed by atoms with Crippen molar-refractivity contribution in [1.82, 2.24) is 0 Å². The maximum absolute atomic E-state index is 11.2. The van der Waals surface area contributed by atoms with Crippen molar-refractivity contribution in [2.75, 3.05) is 19.6 Å². The van der Waals surface area contributed by atoms with Crippen LogP contribution in [0, 0.1) is 24.0 Å². The Morgan fingerprint density at radius 3 is 2.33 bits per heavy atom. The Morgan fingerprint density at radius 2 is 1.75 bits per heavy atom. The van der Waals surface area contributed by atoms with Crippen molar-refractivity contribution in [2.24, 2.45) is 5.10 Å². The fourth-order valence-corrected chi connectivity index (χ4v) is 2.13. The third-order valence-electron chi connectivity index (χ3n) is 3.63. The zero-order chi connectivity index (χ0) is 17.7. The Balaban J connectivity index is 2.29. The topological polar surface area (TPSA) is 86.0 Å². The van der Waals surface area contributed by atoms with E-state index in [-0.39, 0.29) is 5.69 Å². The summed E-state index contributed by atoms with van der Waals surface area (Å²) in [4.78, 5) is 10.7. The number of hydrogen-bond donors (Lipinski definition) is 1. The molecule has 0 spiro atoms. The Bertz CT molecular complexity index is 788. The molecular weight excluding hydrogens is 310 g/mol. The molecule has 0 saturated carbocycles. The number of nitrogens with zero attached hydrogens (tertiary/aromatic N) is 2. The molecule has 0 heterocycles. The molecule has 7 heteroatoms. The molecular formula is C17H19N3O4. The minimum absolute atomic E-state index is 0.113. The number of ether oxygens (including phenoxy) is 2. The van der Waals surface area contributed by atoms with E-state index in [0.29, 0.717) is 17.1 Å². The minimum Gasteiger partial charge on any atom is -0.493 e. The molecule has 0 fully saturated rings. The van der Waals surface area contributed by atoms with Gasteiger partial charge in [0, 0.05) is 0 Å². The predicted molar refractivity (Wildman–Crippen MR) is 93.3 cm³/mol. The van der Waals surface area contributed by atoms with E-state index in [2.05, 4.69) is 10.5 Å². The Hall–Kier alpha value is -3.09. The Kier molecular flexibility index (Phi) is 5.36. The van der Waals surface area contributed by atoms with Gasteiger partial charge in [-0.25, -0.2) is 0 Å². The lowest BCUT2D eigenvalue weighted by molar-refractivity contribution is -0.385. The van der Waals surface area contributed by atoms with Crippen molar-refractivity contribution in [3.05, 3.63) is 57.1 Å². The highest BCUT2D eigenvalue weighted by molar-refractivity contribution is 5.87. The van der Waals surface area contributed by atoms with Gasteiger partial charge in [0.05, 0.1) is 42.7 Å². The van der Waals surface area contributed by atoms with Crippen LogP contribution in [0.15, 0.2) is 35.4 Å². The van der Waals surface area contributed by atoms with Gasteiger partial charge in [-0.05, 0) is 43.2 Å². The molecule has 7 nitrogen and oxygen atoms in total. The second-order valence-corrected chi connectivity index (χ2v) is 5.19. The van der Waals surface area contributed by atoms with Crippen LogP contribution in [0.5, 0.6) is 11.5 Å². The van der Waals surface area contributed by atoms with Crippen molar-refractivity contribution in [1.29, 1.82) is 0 Å². The number of aryl methyl sites for hydroxylation is 2. The number of hydrogen-bond acceptors (Lipinski definition) is 6. The van der Waals surface area contributed by atoms with E-state index in [0.717, 1.165) is 11.3 Å². The number of hydrazone groups is 1. The van der Waals surface area contributed by atoms with Gasteiger partial charge in [-0.1, -0.05) is 6.07 Å². The number of benzene rings is 2. The van der Waals surface area contributed by atoms with E-state index in [1.807, 2.05) is 32.0 Å². The summed E-state index contributed by atoms with van der Waals surface area (Å²) in [5, 5.41) is 15.3. The van der Waals surface area contributed by atoms with Crippen LogP contribution in [0.4, 0.5) is 11.4 Å². The number of nitro groups is 1. The molecule has 1 N–H and O–H groups in total. The predicted octanol–water partition coefficient (Wildman–Crippen LogP) is 3.67. The van der Waals surface area contributed by atoms with E-state index < -0.39 is 4.92 Å². The quantitative estimate of drug-likeness (QED) is 0.496. The molecule has 126 valence electrons. The Labute approximate surface area is 140 Å². The highest BCUT2D eigenvalue weighted by Crippen LogP contribution is 2.33. The van der Waals surface area contributed by atoms with E-state index in [4.69, 9.17) is 9.47 Å². The van der Waals surface area contributed by atoms with Gasteiger partial charge in [-0.2, -0.15) is 5.10 Å². The summed E-state index contributed by atoms with van der Waals surface area (Å²) in [6.45, 7) is 4.03. The van der Waals surface area contributed by atoms with Crippen LogP contribution in [-0.2, 0) is 0 Å². The second kappa shape index (κ2) is 7.45. The molecule has 0 amide bonds. The molecule has 2 aromatic carbocycles. The zero-order valence-corrected chi connectivity index (χ0v) is 14.0. The number of nitro benzene ring substituents is 1. The lowest BCUT2D eigenvalue weighted by Crippen LogP contribution is -2.00. The lowest BCUT2D eigenvalue weighted by atomic mass is 10.1. The molecule has 0 aliphatic rings. The summed E-state index contributed by atoms with van der Waals surface area (Å²) in [5.41, 5.74) is 6.18. The van der Waals surface area contributed by atoms with Gasteiger partial charge in [0.25, 0.3) is 5.69 Å². The minimum atomic E-state index is -0.487. The molecule has 0 aliphatic heterocycles. The maximum Gasteiger partial charge on any atom is 0.282 e. The third-order valence-corrected chi connectivity index (χ3v) is 3.63. The molecule has 0 aromatic heterocycles. The smallest absolute Gasteiger partial charge is 0.282 e. The van der Waals surface area contributed by atoms with Crippen molar-refractivity contribution in [3.63, 3.8) is 0 Å². The van der Waals surface area contributed by atoms with Gasteiger partial charge < -0.3 is 9.47 Å². The molecule has 24 heavy (non-hydrogen) atoms. The first-order chi connectivity index (χ1) is 11.5. The summed E-state index contributed by atoms with van der Waals surface area (Å²) < 4.78 is 10.3. The molecule has 2 rings (SSSR count). The first-order valence-electron chi connectivity index (χ1n) is 7.23. The number of methoxy groups -OCH3 is 2. The monoisotopic (exact) mass is 329 g/mol. The van der Waals surface area contributed by atoms with Crippen LogP contribution < -0.4 is 14.9 Å². The summed E-state index contributed by atoms with van der Waals surface area (Å²) in [5.74, 6) is 0.694. The Morgan fingerprint density at radius 1 is 1.08 bits per heavy atom. The lowest BCUT2D eigenvalue weighted by Gasteiger charge is -2.08. The van der Waals surface area contributed by atoms with Crippen LogP contribution in [0.25, 0.3) is 0 Å². The molecule has 2 aromatic rings. The van der Waals surface area contributed by atoms with E-state index in [1.165, 1.54) is 38.1 Å². The second-order valence-electron chi connectivity index (χ2n) is 5.19. The standard InChI is InChI=1S/C17H19N3O4/c1-11-5-6-14(7-12(11)2)19-18-10-13-8-16(23-3)17(24-4)9-15(13)20(21)22/h5-10,19H,1-4H3. The fraction of sp³-hybridized carbons (Fsp3) is 0.235. The largest absolute Gasteiger partial charge is 0.493 e. The van der Waals surface area contributed by atoms with Gasteiger partial charge in [-0.3, -0.25) is 15.5 Å². The normalized spacial score (nSPS) is 10.7. The molecule has 0 saturated heterocycles. The van der Waals surface area contributed by atoms with Gasteiger partial charge in [0.2, 0.25) is 0 Å². The van der Waals surface area contributed by atoms with Crippen LogP contribution in [0.3, 0.4) is 0 Å². The summed E-state index contributed by atoms with van der Waals surface area (Å²) in [6.07, 6.45) is 1.38. The third kappa shape index (κ3) is 3.81. The summed E-state index contributed by atoms with van der Waals surface area (Å²) in [7, 11) is 2.90. The van der Waals surface area contributed by atoms with Crippen LogP contribution in [0.2, 0.25) is 0 Å². The van der Waals surface area contributed by atoms with Crippen LogP contribution in [-0.4, -0.2) is 25.4 Å². The first kappa shape index (κ1) is 17.3. The summed E-state index contributed by atoms with van der Waals surface area (Å²) >= 11 is 0. The van der Waals surface area contributed by atoms with Crippen molar-refractivity contribution >= 4 is 17.6 Å². The van der Waals surface area contributed by atoms with Crippen molar-refractivity contribution in [2.45, 2.75) is 13.8 Å². The maximum atomic E-state index is 11.2. The SMILES string of the molecule is COc1cc(C=NNc2ccc(C)c(C)c2)c([N+](=O)[O-])cc1OC. The number of nitrogens with one attached hydrogen (secondary N) is 1. The van der Waals surface area contributed by atoms with E-state index in [9.17, 15) is 10.1 Å². The molecule has 0 bridgehead atoms. The van der Waals surface area contributed by atoms with Gasteiger partial charge in [-0.15, -0.1) is 0 Å². The van der Waals surface area contributed by atoms with Gasteiger partial charge in [0.15, 0.2) is 11.5 Å². The van der Waals surface area contributed by atoms with E-state index in [1.54, 1.807) is 0 Å². The fourth-order valence-electron chi connectivity index (χ4n) is 2.13. The number of anilines is 1. The van der Waals surface area contributed by atoms with E-state index >= 15 is 0 Å². The number of rotatable bonds is 6.